The van der Waals surface area contributed by atoms with E-state index in [4.69, 9.17) is 16.3 Å². The molecule has 0 radical (unpaired) electrons. The highest BCUT2D eigenvalue weighted by Crippen LogP contribution is 2.24. The minimum absolute atomic E-state index is 0.132. The van der Waals surface area contributed by atoms with Crippen LogP contribution in [0.25, 0.3) is 0 Å². The summed E-state index contributed by atoms with van der Waals surface area (Å²) in [4.78, 5) is 16.3. The zero-order chi connectivity index (χ0) is 15.9. The summed E-state index contributed by atoms with van der Waals surface area (Å²) in [5.74, 6) is 1.38. The van der Waals surface area contributed by atoms with Crippen molar-refractivity contribution in [3.05, 3.63) is 45.6 Å². The molecule has 118 valence electrons. The van der Waals surface area contributed by atoms with Gasteiger partial charge in [0.1, 0.15) is 5.75 Å². The predicted molar refractivity (Wildman–Crippen MR) is 94.1 cm³/mol. The lowest BCUT2D eigenvalue weighted by atomic mass is 10.3. The van der Waals surface area contributed by atoms with E-state index in [0.717, 1.165) is 19.9 Å². The summed E-state index contributed by atoms with van der Waals surface area (Å²) in [6.07, 6.45) is 0. The molecule has 1 amide bonds. The van der Waals surface area contributed by atoms with Crippen LogP contribution in [0.15, 0.2) is 41.3 Å². The number of thiophene rings is 1. The highest BCUT2D eigenvalue weighted by atomic mass is 35.5. The van der Waals surface area contributed by atoms with Gasteiger partial charge in [0.2, 0.25) is 5.91 Å². The number of carbonyl (C=O) groups excluding carboxylic acids is 1. The van der Waals surface area contributed by atoms with Crippen molar-refractivity contribution >= 4 is 40.6 Å². The van der Waals surface area contributed by atoms with Crippen LogP contribution in [-0.4, -0.2) is 30.2 Å². The molecule has 2 aromatic rings. The van der Waals surface area contributed by atoms with E-state index in [1.54, 1.807) is 7.11 Å². The molecule has 22 heavy (non-hydrogen) atoms. The molecule has 6 heteroatoms. The van der Waals surface area contributed by atoms with Gasteiger partial charge in [-0.3, -0.25) is 4.79 Å². The number of rotatable bonds is 7. The highest BCUT2D eigenvalue weighted by Gasteiger charge is 2.13. The molecular weight excluding hydrogens is 338 g/mol. The summed E-state index contributed by atoms with van der Waals surface area (Å²) in [6.45, 7) is 3.30. The van der Waals surface area contributed by atoms with Gasteiger partial charge in [0.25, 0.3) is 0 Å². The van der Waals surface area contributed by atoms with Gasteiger partial charge in [0.15, 0.2) is 0 Å². The summed E-state index contributed by atoms with van der Waals surface area (Å²) in [5.41, 5.74) is 0. The molecule has 1 aromatic heterocycles. The number of ether oxygens (including phenoxy) is 1. The average molecular weight is 356 g/mol. The Hall–Kier alpha value is -1.17. The smallest absolute Gasteiger partial charge is 0.233 e. The molecule has 3 nitrogen and oxygen atoms in total. The Morgan fingerprint density at radius 3 is 2.55 bits per heavy atom. The fourth-order valence-electron chi connectivity index (χ4n) is 1.91. The summed E-state index contributed by atoms with van der Waals surface area (Å²) < 4.78 is 5.88. The van der Waals surface area contributed by atoms with E-state index >= 15 is 0 Å². The van der Waals surface area contributed by atoms with Crippen LogP contribution in [0.1, 0.15) is 11.8 Å². The van der Waals surface area contributed by atoms with E-state index in [1.807, 2.05) is 48.2 Å². The minimum atomic E-state index is 0.132. The topological polar surface area (TPSA) is 29.5 Å². The van der Waals surface area contributed by atoms with Crippen molar-refractivity contribution in [2.24, 2.45) is 0 Å². The summed E-state index contributed by atoms with van der Waals surface area (Å²) in [5, 5.41) is 0. The first-order valence-electron chi connectivity index (χ1n) is 6.91. The van der Waals surface area contributed by atoms with Gasteiger partial charge < -0.3 is 9.64 Å². The predicted octanol–water partition coefficient (Wildman–Crippen LogP) is 4.55. The molecular formula is C16H18ClNO2S2. The minimum Gasteiger partial charge on any atom is -0.497 e. The first-order chi connectivity index (χ1) is 10.6. The third kappa shape index (κ3) is 4.93. The normalized spacial score (nSPS) is 10.5. The lowest BCUT2D eigenvalue weighted by Gasteiger charge is -2.20. The summed E-state index contributed by atoms with van der Waals surface area (Å²) >= 11 is 8.99. The average Bonchev–Trinajstić information content (AvgIpc) is 2.96. The quantitative estimate of drug-likeness (QED) is 0.682. The number of hydrogen-bond donors (Lipinski definition) is 0. The molecule has 0 atom stereocenters. The number of methoxy groups -OCH3 is 1. The molecule has 0 unspecified atom stereocenters. The van der Waals surface area contributed by atoms with Crippen LogP contribution >= 0.6 is 34.7 Å². The first kappa shape index (κ1) is 17.2. The van der Waals surface area contributed by atoms with E-state index in [9.17, 15) is 4.79 Å². The van der Waals surface area contributed by atoms with Crippen molar-refractivity contribution in [2.45, 2.75) is 18.4 Å². The number of halogens is 1. The van der Waals surface area contributed by atoms with Crippen LogP contribution in [-0.2, 0) is 11.3 Å². The Bertz CT molecular complexity index is 613. The maximum Gasteiger partial charge on any atom is 0.233 e. The SMILES string of the molecule is CCN(Cc1ccc(Cl)s1)C(=O)CSc1ccc(OC)cc1. The van der Waals surface area contributed by atoms with Crippen molar-refractivity contribution < 1.29 is 9.53 Å². The highest BCUT2D eigenvalue weighted by molar-refractivity contribution is 8.00. The van der Waals surface area contributed by atoms with Gasteiger partial charge >= 0.3 is 0 Å². The molecule has 0 aliphatic carbocycles. The van der Waals surface area contributed by atoms with E-state index in [0.29, 0.717) is 18.8 Å². The number of nitrogens with zero attached hydrogens (tertiary/aromatic N) is 1. The van der Waals surface area contributed by atoms with E-state index in [2.05, 4.69) is 0 Å². The van der Waals surface area contributed by atoms with E-state index in [-0.39, 0.29) is 5.91 Å². The lowest BCUT2D eigenvalue weighted by Crippen LogP contribution is -2.31. The van der Waals surface area contributed by atoms with Crippen molar-refractivity contribution in [3.8, 4) is 5.75 Å². The number of thioether (sulfide) groups is 1. The van der Waals surface area contributed by atoms with Gasteiger partial charge in [-0.2, -0.15) is 0 Å². The number of benzene rings is 1. The summed E-state index contributed by atoms with van der Waals surface area (Å²) in [7, 11) is 1.64. The molecule has 0 aliphatic heterocycles. The third-order valence-corrected chi connectivity index (χ3v) is 5.34. The second-order valence-corrected chi connectivity index (χ2v) is 7.43. The Morgan fingerprint density at radius 1 is 1.27 bits per heavy atom. The van der Waals surface area contributed by atoms with Crippen LogP contribution in [0.5, 0.6) is 5.75 Å². The molecule has 1 aromatic carbocycles. The van der Waals surface area contributed by atoms with Crippen molar-refractivity contribution in [1.82, 2.24) is 4.90 Å². The van der Waals surface area contributed by atoms with Gasteiger partial charge in [-0.05, 0) is 43.3 Å². The molecule has 0 aliphatic rings. The molecule has 2 rings (SSSR count). The largest absolute Gasteiger partial charge is 0.497 e. The third-order valence-electron chi connectivity index (χ3n) is 3.13. The van der Waals surface area contributed by atoms with Crippen LogP contribution in [0.4, 0.5) is 0 Å². The number of amides is 1. The standard InChI is InChI=1S/C16H18ClNO2S2/c1-3-18(10-14-8-9-15(17)22-14)16(19)11-21-13-6-4-12(20-2)5-7-13/h4-9H,3,10-11H2,1-2H3. The van der Waals surface area contributed by atoms with Crippen LogP contribution < -0.4 is 4.74 Å². The molecule has 0 spiro atoms. The second-order valence-electron chi connectivity index (χ2n) is 4.58. The lowest BCUT2D eigenvalue weighted by molar-refractivity contribution is -0.128. The number of hydrogen-bond acceptors (Lipinski definition) is 4. The van der Waals surface area contributed by atoms with Crippen LogP contribution in [0, 0.1) is 0 Å². The molecule has 0 bridgehead atoms. The van der Waals surface area contributed by atoms with Crippen LogP contribution in [0.2, 0.25) is 4.34 Å². The second kappa shape index (κ2) is 8.46. The van der Waals surface area contributed by atoms with Crippen molar-refractivity contribution in [2.75, 3.05) is 19.4 Å². The van der Waals surface area contributed by atoms with Gasteiger partial charge in [0, 0.05) is 16.3 Å². The maximum absolute atomic E-state index is 12.3. The summed E-state index contributed by atoms with van der Waals surface area (Å²) in [6, 6.07) is 11.6. The van der Waals surface area contributed by atoms with Crippen molar-refractivity contribution in [3.63, 3.8) is 0 Å². The molecule has 0 fully saturated rings. The van der Waals surface area contributed by atoms with Gasteiger partial charge in [-0.15, -0.1) is 23.1 Å². The van der Waals surface area contributed by atoms with E-state index < -0.39 is 0 Å². The van der Waals surface area contributed by atoms with Crippen LogP contribution in [0.3, 0.4) is 0 Å². The zero-order valence-corrected chi connectivity index (χ0v) is 14.9. The fourth-order valence-corrected chi connectivity index (χ4v) is 3.81. The maximum atomic E-state index is 12.3. The van der Waals surface area contributed by atoms with Gasteiger partial charge in [-0.25, -0.2) is 0 Å². The molecule has 0 saturated carbocycles. The Morgan fingerprint density at radius 2 is 2.00 bits per heavy atom. The monoisotopic (exact) mass is 355 g/mol. The number of carbonyl (C=O) groups is 1. The zero-order valence-electron chi connectivity index (χ0n) is 12.5. The fraction of sp³-hybridized carbons (Fsp3) is 0.312. The molecule has 0 saturated heterocycles. The van der Waals surface area contributed by atoms with Gasteiger partial charge in [-0.1, -0.05) is 11.6 Å². The Balaban J connectivity index is 1.88. The molecule has 1 heterocycles. The van der Waals surface area contributed by atoms with Gasteiger partial charge in [0.05, 0.1) is 23.7 Å². The molecule has 0 N–H and O–H groups in total. The van der Waals surface area contributed by atoms with Crippen molar-refractivity contribution in [1.29, 1.82) is 0 Å². The first-order valence-corrected chi connectivity index (χ1v) is 9.09. The Labute approximate surface area is 144 Å². The van der Waals surface area contributed by atoms with E-state index in [1.165, 1.54) is 23.1 Å². The Kier molecular flexibility index (Phi) is 6.61.